The molecule has 2 aromatic heterocycles. The normalized spacial score (nSPS) is 10.3. The van der Waals surface area contributed by atoms with E-state index in [1.807, 2.05) is 0 Å². The maximum absolute atomic E-state index is 4.83. The van der Waals surface area contributed by atoms with E-state index in [2.05, 4.69) is 36.3 Å². The summed E-state index contributed by atoms with van der Waals surface area (Å²) in [7, 11) is 0. The van der Waals surface area contributed by atoms with Crippen LogP contribution in [0.1, 0.15) is 0 Å². The predicted octanol–water partition coefficient (Wildman–Crippen LogP) is 1.22. The Morgan fingerprint density at radius 3 is 3.00 bits per heavy atom. The van der Waals surface area contributed by atoms with Gasteiger partial charge in [0.25, 0.3) is 5.89 Å². The first-order chi connectivity index (χ1) is 5.36. The van der Waals surface area contributed by atoms with Crippen LogP contribution in [0.3, 0.4) is 0 Å². The molecule has 0 fully saturated rings. The lowest BCUT2D eigenvalue weighted by Gasteiger charge is -1.81. The third-order valence-corrected chi connectivity index (χ3v) is 1.45. The molecule has 56 valence electrons. The smallest absolute Gasteiger partial charge is 0.276 e. The van der Waals surface area contributed by atoms with Crippen molar-refractivity contribution in [3.8, 4) is 11.6 Å². The Balaban J connectivity index is 2.45. The summed E-state index contributed by atoms with van der Waals surface area (Å²) < 4.78 is 5.26. The summed E-state index contributed by atoms with van der Waals surface area (Å²) in [6.45, 7) is 0. The summed E-state index contributed by atoms with van der Waals surface area (Å²) >= 11 is 3.07. The molecule has 11 heavy (non-hydrogen) atoms. The van der Waals surface area contributed by atoms with Crippen LogP contribution >= 0.6 is 15.9 Å². The third kappa shape index (κ3) is 1.16. The van der Waals surface area contributed by atoms with E-state index >= 15 is 0 Å². The fourth-order valence-corrected chi connectivity index (χ4v) is 0.923. The van der Waals surface area contributed by atoms with Crippen LogP contribution in [0.25, 0.3) is 11.6 Å². The highest BCUT2D eigenvalue weighted by molar-refractivity contribution is 9.10. The number of hydrogen-bond donors (Lipinski definition) is 1. The minimum Gasteiger partial charge on any atom is -0.331 e. The lowest BCUT2D eigenvalue weighted by Crippen LogP contribution is -1.75. The summed E-state index contributed by atoms with van der Waals surface area (Å²) in [5, 5.41) is 9.99. The molecule has 6 heteroatoms. The molecule has 0 spiro atoms. The molecular weight excluding hydrogens is 212 g/mol. The van der Waals surface area contributed by atoms with Crippen LogP contribution < -0.4 is 0 Å². The van der Waals surface area contributed by atoms with E-state index in [0.717, 1.165) is 0 Å². The Kier molecular flexibility index (Phi) is 1.46. The highest BCUT2D eigenvalue weighted by Crippen LogP contribution is 2.14. The number of halogens is 1. The molecular formula is C5H3BrN4O. The van der Waals surface area contributed by atoms with Crippen LogP contribution in [0.5, 0.6) is 0 Å². The molecule has 0 unspecified atom stereocenters. The molecule has 0 aromatic carbocycles. The van der Waals surface area contributed by atoms with Gasteiger partial charge in [0.15, 0.2) is 0 Å². The Bertz CT molecular complexity index is 341. The summed E-state index contributed by atoms with van der Waals surface area (Å²) in [6.07, 6.45) is 1.62. The number of aromatic amines is 1. The van der Waals surface area contributed by atoms with Crippen molar-refractivity contribution < 1.29 is 4.52 Å². The molecule has 0 radical (unpaired) electrons. The zero-order chi connectivity index (χ0) is 7.68. The monoisotopic (exact) mass is 214 g/mol. The molecule has 1 N–H and O–H groups in total. The second-order valence-electron chi connectivity index (χ2n) is 1.84. The Morgan fingerprint density at radius 1 is 1.55 bits per heavy atom. The van der Waals surface area contributed by atoms with Gasteiger partial charge in [0.05, 0.1) is 0 Å². The lowest BCUT2D eigenvalue weighted by molar-refractivity contribution is 0.425. The van der Waals surface area contributed by atoms with Crippen LogP contribution in [0.4, 0.5) is 0 Å². The fourth-order valence-electron chi connectivity index (χ4n) is 0.690. The largest absolute Gasteiger partial charge is 0.331 e. The fraction of sp³-hybridized carbons (Fsp3) is 0. The van der Waals surface area contributed by atoms with E-state index in [-0.39, 0.29) is 0 Å². The van der Waals surface area contributed by atoms with Crippen LogP contribution in [-0.2, 0) is 0 Å². The van der Waals surface area contributed by atoms with Gasteiger partial charge in [-0.05, 0) is 27.2 Å². The van der Waals surface area contributed by atoms with Gasteiger partial charge in [-0.2, -0.15) is 10.1 Å². The van der Waals surface area contributed by atoms with Crippen LogP contribution in [-0.4, -0.2) is 20.3 Å². The number of hydrogen-bond acceptors (Lipinski definition) is 4. The Morgan fingerprint density at radius 2 is 2.45 bits per heavy atom. The summed E-state index contributed by atoms with van der Waals surface area (Å²) in [5.41, 5.74) is 0.711. The van der Waals surface area contributed by atoms with Crippen molar-refractivity contribution in [1.82, 2.24) is 20.3 Å². The number of rotatable bonds is 1. The Labute approximate surface area is 69.9 Å². The molecule has 2 rings (SSSR count). The van der Waals surface area contributed by atoms with Crippen molar-refractivity contribution in [1.29, 1.82) is 0 Å². The van der Waals surface area contributed by atoms with Gasteiger partial charge in [0.2, 0.25) is 4.73 Å². The van der Waals surface area contributed by atoms with Gasteiger partial charge in [0, 0.05) is 6.20 Å². The average molecular weight is 215 g/mol. The second-order valence-corrected chi connectivity index (χ2v) is 2.55. The first-order valence-electron chi connectivity index (χ1n) is 2.85. The van der Waals surface area contributed by atoms with Crippen molar-refractivity contribution in [2.24, 2.45) is 0 Å². The quantitative estimate of drug-likeness (QED) is 0.776. The van der Waals surface area contributed by atoms with Gasteiger partial charge >= 0.3 is 0 Å². The highest BCUT2D eigenvalue weighted by Gasteiger charge is 2.06. The van der Waals surface area contributed by atoms with Gasteiger partial charge in [-0.25, -0.2) is 0 Å². The van der Waals surface area contributed by atoms with Crippen molar-refractivity contribution in [3.63, 3.8) is 0 Å². The summed E-state index contributed by atoms with van der Waals surface area (Å²) in [4.78, 5) is 3.92. The molecule has 0 aliphatic heterocycles. The average Bonchev–Trinajstić information content (AvgIpc) is 2.55. The van der Waals surface area contributed by atoms with Gasteiger partial charge in [-0.1, -0.05) is 0 Å². The summed E-state index contributed by atoms with van der Waals surface area (Å²) in [5.74, 6) is 0.425. The second kappa shape index (κ2) is 2.46. The molecule has 0 saturated heterocycles. The van der Waals surface area contributed by atoms with E-state index < -0.39 is 0 Å². The molecule has 2 heterocycles. The summed E-state index contributed by atoms with van der Waals surface area (Å²) in [6, 6.07) is 1.75. The Hall–Kier alpha value is -1.17. The predicted molar refractivity (Wildman–Crippen MR) is 39.6 cm³/mol. The van der Waals surface area contributed by atoms with E-state index in [1.54, 1.807) is 12.3 Å². The van der Waals surface area contributed by atoms with Crippen molar-refractivity contribution in [2.45, 2.75) is 0 Å². The van der Waals surface area contributed by atoms with Crippen LogP contribution in [0, 0.1) is 0 Å². The third-order valence-electron chi connectivity index (χ3n) is 1.13. The first-order valence-corrected chi connectivity index (χ1v) is 3.64. The molecule has 0 aliphatic carbocycles. The number of aromatic nitrogens is 4. The number of H-pyrrole nitrogens is 1. The standard InChI is InChI=1S/C5H3BrN4O/c6-5-8-4(11-10-5)3-1-2-7-9-3/h1-2H,(H,7,9). The van der Waals surface area contributed by atoms with E-state index in [1.165, 1.54) is 0 Å². The number of nitrogens with zero attached hydrogens (tertiary/aromatic N) is 3. The molecule has 0 aliphatic rings. The van der Waals surface area contributed by atoms with Gasteiger partial charge < -0.3 is 4.52 Å². The molecule has 0 saturated carbocycles. The first kappa shape index (κ1) is 6.53. The zero-order valence-corrected chi connectivity index (χ0v) is 6.87. The van der Waals surface area contributed by atoms with Crippen LogP contribution in [0.15, 0.2) is 21.5 Å². The minimum atomic E-state index is 0.425. The van der Waals surface area contributed by atoms with Crippen molar-refractivity contribution in [2.75, 3.05) is 0 Å². The van der Waals surface area contributed by atoms with Gasteiger partial charge in [-0.15, -0.1) is 0 Å². The maximum atomic E-state index is 4.83. The minimum absolute atomic E-state index is 0.425. The van der Waals surface area contributed by atoms with Crippen LogP contribution in [0.2, 0.25) is 0 Å². The topological polar surface area (TPSA) is 67.6 Å². The maximum Gasteiger partial charge on any atom is 0.276 e. The van der Waals surface area contributed by atoms with Gasteiger partial charge in [0.1, 0.15) is 5.69 Å². The van der Waals surface area contributed by atoms with E-state index in [4.69, 9.17) is 4.52 Å². The van der Waals surface area contributed by atoms with Crippen molar-refractivity contribution >= 4 is 15.9 Å². The SMILES string of the molecule is Brc1noc(-c2ccn[nH]2)n1. The van der Waals surface area contributed by atoms with Crippen molar-refractivity contribution in [3.05, 3.63) is 17.0 Å². The zero-order valence-electron chi connectivity index (χ0n) is 5.28. The van der Waals surface area contributed by atoms with Gasteiger partial charge in [-0.3, -0.25) is 5.10 Å². The molecule has 2 aromatic rings. The van der Waals surface area contributed by atoms with E-state index in [0.29, 0.717) is 16.3 Å². The molecule has 0 bridgehead atoms. The number of nitrogens with one attached hydrogen (secondary N) is 1. The highest BCUT2D eigenvalue weighted by atomic mass is 79.9. The van der Waals surface area contributed by atoms with E-state index in [9.17, 15) is 0 Å². The molecule has 0 amide bonds. The molecule has 5 nitrogen and oxygen atoms in total. The lowest BCUT2D eigenvalue weighted by atomic mass is 10.4. The molecule has 0 atom stereocenters.